The molecule has 2 rings (SSSR count). The van der Waals surface area contributed by atoms with Gasteiger partial charge >= 0.3 is 5.97 Å². The van der Waals surface area contributed by atoms with Crippen molar-refractivity contribution in [3.05, 3.63) is 35.4 Å². The van der Waals surface area contributed by atoms with Crippen LogP contribution in [0.5, 0.6) is 0 Å². The number of hydrogen-bond acceptors (Lipinski definition) is 3. The summed E-state index contributed by atoms with van der Waals surface area (Å²) in [7, 11) is 0. The van der Waals surface area contributed by atoms with Gasteiger partial charge in [0.15, 0.2) is 0 Å². The Hall–Kier alpha value is -1.39. The summed E-state index contributed by atoms with van der Waals surface area (Å²) in [4.78, 5) is 10.7. The Balaban J connectivity index is 2.07. The van der Waals surface area contributed by atoms with E-state index in [-0.39, 0.29) is 5.56 Å². The minimum atomic E-state index is -0.954. The highest BCUT2D eigenvalue weighted by Crippen LogP contribution is 2.34. The van der Waals surface area contributed by atoms with Crippen molar-refractivity contribution in [2.75, 3.05) is 0 Å². The topological polar surface area (TPSA) is 83.6 Å². The van der Waals surface area contributed by atoms with Crippen molar-refractivity contribution in [1.82, 2.24) is 0 Å². The summed E-state index contributed by atoms with van der Waals surface area (Å²) in [6.45, 7) is 0. The lowest BCUT2D eigenvalue weighted by Crippen LogP contribution is -2.36. The van der Waals surface area contributed by atoms with E-state index in [0.29, 0.717) is 5.92 Å². The van der Waals surface area contributed by atoms with Gasteiger partial charge in [-0.3, -0.25) is 0 Å². The van der Waals surface area contributed by atoms with E-state index in [1.165, 1.54) is 12.1 Å². The fraction of sp³-hybridized carbons (Fsp3) is 0.462. The highest BCUT2D eigenvalue weighted by Gasteiger charge is 2.30. The average Bonchev–Trinajstić information content (AvgIpc) is 2.25. The van der Waals surface area contributed by atoms with Gasteiger partial charge in [-0.2, -0.15) is 0 Å². The normalized spacial score (nSPS) is 19.4. The Labute approximate surface area is 100 Å². The van der Waals surface area contributed by atoms with Crippen molar-refractivity contribution >= 4 is 5.97 Å². The number of aliphatic hydroxyl groups is 1. The number of carboxylic acid groups (broad SMARTS) is 1. The van der Waals surface area contributed by atoms with E-state index in [0.717, 1.165) is 24.8 Å². The fourth-order valence-corrected chi connectivity index (χ4v) is 2.12. The second-order valence-electron chi connectivity index (χ2n) is 4.63. The van der Waals surface area contributed by atoms with E-state index in [4.69, 9.17) is 10.8 Å². The van der Waals surface area contributed by atoms with Gasteiger partial charge < -0.3 is 15.9 Å². The molecule has 0 unspecified atom stereocenters. The Bertz CT molecular complexity index is 398. The number of benzene rings is 1. The minimum absolute atomic E-state index is 0.235. The first kappa shape index (κ1) is 12.1. The van der Waals surface area contributed by atoms with Crippen molar-refractivity contribution in [1.29, 1.82) is 0 Å². The summed E-state index contributed by atoms with van der Waals surface area (Å²) in [5.41, 5.74) is 7.00. The number of rotatable bonds is 4. The van der Waals surface area contributed by atoms with Crippen LogP contribution >= 0.6 is 0 Å². The predicted molar refractivity (Wildman–Crippen MR) is 63.7 cm³/mol. The lowest BCUT2D eigenvalue weighted by atomic mass is 9.77. The monoisotopic (exact) mass is 235 g/mol. The maximum atomic E-state index is 10.7. The summed E-state index contributed by atoms with van der Waals surface area (Å²) in [6.07, 6.45) is 2.69. The SMILES string of the molecule is N[C@H](c1ccc(C(=O)O)cc1)[C@@H](O)C1CCC1. The molecule has 0 aromatic heterocycles. The van der Waals surface area contributed by atoms with Crippen LogP contribution in [-0.4, -0.2) is 22.3 Å². The molecule has 1 aromatic carbocycles. The van der Waals surface area contributed by atoms with Gasteiger partial charge in [-0.15, -0.1) is 0 Å². The van der Waals surface area contributed by atoms with Gasteiger partial charge in [0.25, 0.3) is 0 Å². The van der Waals surface area contributed by atoms with E-state index in [1.54, 1.807) is 12.1 Å². The number of aromatic carboxylic acids is 1. The van der Waals surface area contributed by atoms with Crippen LogP contribution in [0.1, 0.15) is 41.2 Å². The van der Waals surface area contributed by atoms with Gasteiger partial charge in [-0.25, -0.2) is 4.79 Å². The minimum Gasteiger partial charge on any atom is -0.478 e. The van der Waals surface area contributed by atoms with Crippen LogP contribution in [0.3, 0.4) is 0 Å². The van der Waals surface area contributed by atoms with Gasteiger partial charge in [-0.1, -0.05) is 18.6 Å². The highest BCUT2D eigenvalue weighted by atomic mass is 16.4. The fourth-order valence-electron chi connectivity index (χ4n) is 2.12. The molecule has 0 spiro atoms. The lowest BCUT2D eigenvalue weighted by Gasteiger charge is -2.33. The molecule has 1 aliphatic carbocycles. The molecule has 17 heavy (non-hydrogen) atoms. The van der Waals surface area contributed by atoms with Gasteiger partial charge in [0.1, 0.15) is 0 Å². The van der Waals surface area contributed by atoms with Crippen LogP contribution in [0.25, 0.3) is 0 Å². The molecular formula is C13H17NO3. The van der Waals surface area contributed by atoms with Gasteiger partial charge in [-0.05, 0) is 36.5 Å². The molecule has 0 bridgehead atoms. The molecule has 0 aliphatic heterocycles. The van der Waals surface area contributed by atoms with E-state index in [9.17, 15) is 9.90 Å². The molecule has 2 atom stereocenters. The quantitative estimate of drug-likeness (QED) is 0.739. The number of hydrogen-bond donors (Lipinski definition) is 3. The predicted octanol–water partition coefficient (Wildman–Crippen LogP) is 1.55. The van der Waals surface area contributed by atoms with E-state index >= 15 is 0 Å². The number of nitrogens with two attached hydrogens (primary N) is 1. The van der Waals surface area contributed by atoms with Crippen LogP contribution in [0.2, 0.25) is 0 Å². The largest absolute Gasteiger partial charge is 0.478 e. The van der Waals surface area contributed by atoms with Gasteiger partial charge in [0, 0.05) is 0 Å². The molecule has 0 radical (unpaired) electrons. The van der Waals surface area contributed by atoms with Crippen molar-refractivity contribution in [3.63, 3.8) is 0 Å². The second-order valence-corrected chi connectivity index (χ2v) is 4.63. The Morgan fingerprint density at radius 1 is 1.29 bits per heavy atom. The summed E-state index contributed by atoms with van der Waals surface area (Å²) in [5, 5.41) is 18.8. The molecule has 0 amide bonds. The third-order valence-electron chi connectivity index (χ3n) is 3.54. The van der Waals surface area contributed by atoms with Crippen LogP contribution in [0.4, 0.5) is 0 Å². The smallest absolute Gasteiger partial charge is 0.335 e. The summed E-state index contributed by atoms with van der Waals surface area (Å²) < 4.78 is 0. The van der Waals surface area contributed by atoms with Crippen LogP contribution in [-0.2, 0) is 0 Å². The van der Waals surface area contributed by atoms with E-state index in [2.05, 4.69) is 0 Å². The maximum Gasteiger partial charge on any atom is 0.335 e. The zero-order chi connectivity index (χ0) is 12.4. The van der Waals surface area contributed by atoms with Crippen molar-refractivity contribution in [3.8, 4) is 0 Å². The van der Waals surface area contributed by atoms with Crippen LogP contribution in [0.15, 0.2) is 24.3 Å². The Kier molecular flexibility index (Phi) is 3.45. The maximum absolute atomic E-state index is 10.7. The second kappa shape index (κ2) is 4.85. The first-order valence-corrected chi connectivity index (χ1v) is 5.86. The highest BCUT2D eigenvalue weighted by molar-refractivity contribution is 5.87. The molecule has 92 valence electrons. The van der Waals surface area contributed by atoms with Crippen molar-refractivity contribution < 1.29 is 15.0 Å². The molecular weight excluding hydrogens is 218 g/mol. The zero-order valence-corrected chi connectivity index (χ0v) is 9.54. The van der Waals surface area contributed by atoms with Crippen molar-refractivity contribution in [2.24, 2.45) is 11.7 Å². The molecule has 1 aromatic rings. The number of aliphatic hydroxyl groups excluding tert-OH is 1. The first-order chi connectivity index (χ1) is 8.09. The molecule has 1 aliphatic rings. The van der Waals surface area contributed by atoms with Crippen molar-refractivity contribution in [2.45, 2.75) is 31.4 Å². The first-order valence-electron chi connectivity index (χ1n) is 5.86. The lowest BCUT2D eigenvalue weighted by molar-refractivity contribution is 0.0414. The zero-order valence-electron chi connectivity index (χ0n) is 9.54. The summed E-state index contributed by atoms with van der Waals surface area (Å²) in [5.74, 6) is -0.659. The number of carbonyl (C=O) groups is 1. The molecule has 0 saturated heterocycles. The molecule has 0 heterocycles. The molecule has 1 fully saturated rings. The van der Waals surface area contributed by atoms with Crippen LogP contribution in [0, 0.1) is 5.92 Å². The van der Waals surface area contributed by atoms with E-state index in [1.807, 2.05) is 0 Å². The standard InChI is InChI=1S/C13H17NO3/c14-11(12(15)9-2-1-3-9)8-4-6-10(7-5-8)13(16)17/h4-7,9,11-12,15H,1-3,14H2,(H,16,17)/t11-,12+/m1/s1. The summed E-state index contributed by atoms with van der Waals surface area (Å²) >= 11 is 0. The van der Waals surface area contributed by atoms with Gasteiger partial charge in [0.05, 0.1) is 17.7 Å². The number of carboxylic acids is 1. The van der Waals surface area contributed by atoms with Crippen LogP contribution < -0.4 is 5.73 Å². The molecule has 1 saturated carbocycles. The summed E-state index contributed by atoms with van der Waals surface area (Å²) in [6, 6.07) is 5.96. The van der Waals surface area contributed by atoms with Gasteiger partial charge in [0.2, 0.25) is 0 Å². The molecule has 4 nitrogen and oxygen atoms in total. The third kappa shape index (κ3) is 2.48. The third-order valence-corrected chi connectivity index (χ3v) is 3.54. The van der Waals surface area contributed by atoms with E-state index < -0.39 is 18.1 Å². The Morgan fingerprint density at radius 2 is 1.88 bits per heavy atom. The molecule has 4 heteroatoms. The average molecular weight is 235 g/mol. The Morgan fingerprint density at radius 3 is 2.29 bits per heavy atom. The molecule has 4 N–H and O–H groups in total.